The van der Waals surface area contributed by atoms with Crippen molar-refractivity contribution in [2.45, 2.75) is 39.8 Å². The van der Waals surface area contributed by atoms with E-state index in [1.54, 1.807) is 13.8 Å². The van der Waals surface area contributed by atoms with Crippen LogP contribution in [0.5, 0.6) is 0 Å². The first-order valence-corrected chi connectivity index (χ1v) is 5.11. The van der Waals surface area contributed by atoms with E-state index < -0.39 is 5.60 Å². The number of rotatable bonds is 3. The molecule has 0 radical (unpaired) electrons. The van der Waals surface area contributed by atoms with Crippen LogP contribution in [0.2, 0.25) is 0 Å². The Morgan fingerprint density at radius 1 is 1.57 bits per heavy atom. The fourth-order valence-electron chi connectivity index (χ4n) is 1.32. The van der Waals surface area contributed by atoms with Crippen molar-refractivity contribution in [1.29, 1.82) is 0 Å². The Bertz CT molecular complexity index is 359. The van der Waals surface area contributed by atoms with Gasteiger partial charge in [-0.25, -0.2) is 0 Å². The van der Waals surface area contributed by atoms with Gasteiger partial charge in [-0.3, -0.25) is 5.10 Å². The molecule has 0 saturated heterocycles. The summed E-state index contributed by atoms with van der Waals surface area (Å²) in [5, 5.41) is 16.6. The van der Waals surface area contributed by atoms with E-state index in [2.05, 4.69) is 24.0 Å². The molecule has 0 aliphatic carbocycles. The lowest BCUT2D eigenvalue weighted by molar-refractivity contribution is 0.0635. The van der Waals surface area contributed by atoms with Gasteiger partial charge in [0.05, 0.1) is 0 Å². The van der Waals surface area contributed by atoms with Crippen molar-refractivity contribution in [3.8, 4) is 0 Å². The zero-order valence-corrected chi connectivity index (χ0v) is 9.85. The maximum absolute atomic E-state index is 9.85. The normalized spacial score (nSPS) is 12.4. The van der Waals surface area contributed by atoms with Crippen LogP contribution in [0.4, 0.5) is 0 Å². The van der Waals surface area contributed by atoms with Gasteiger partial charge in [-0.2, -0.15) is 5.10 Å². The summed E-state index contributed by atoms with van der Waals surface area (Å²) in [5.41, 5.74) is -0.956. The molecular weight excluding hydrogens is 198 g/mol. The van der Waals surface area contributed by atoms with Crippen molar-refractivity contribution in [3.63, 3.8) is 0 Å². The molecule has 0 saturated carbocycles. The van der Waals surface area contributed by atoms with Crippen LogP contribution >= 0.6 is 12.2 Å². The molecule has 0 fully saturated rings. The van der Waals surface area contributed by atoms with Gasteiger partial charge in [0.15, 0.2) is 10.6 Å². The van der Waals surface area contributed by atoms with Gasteiger partial charge in [0, 0.05) is 6.54 Å². The summed E-state index contributed by atoms with van der Waals surface area (Å²) in [6.07, 6.45) is 0. The smallest absolute Gasteiger partial charge is 0.195 e. The van der Waals surface area contributed by atoms with Gasteiger partial charge in [-0.1, -0.05) is 13.8 Å². The average molecular weight is 215 g/mol. The number of aromatic nitrogens is 3. The van der Waals surface area contributed by atoms with Gasteiger partial charge >= 0.3 is 0 Å². The molecule has 1 aromatic heterocycles. The number of hydrogen-bond acceptors (Lipinski definition) is 3. The van der Waals surface area contributed by atoms with E-state index in [1.165, 1.54) is 0 Å². The summed E-state index contributed by atoms with van der Waals surface area (Å²) in [7, 11) is 0. The Balaban J connectivity index is 3.13. The first-order valence-electron chi connectivity index (χ1n) is 4.70. The number of aromatic amines is 1. The molecule has 0 bridgehead atoms. The van der Waals surface area contributed by atoms with Gasteiger partial charge < -0.3 is 9.67 Å². The highest BCUT2D eigenvalue weighted by atomic mass is 32.1. The molecule has 1 aromatic rings. The van der Waals surface area contributed by atoms with E-state index >= 15 is 0 Å². The second-order valence-corrected chi connectivity index (χ2v) is 4.80. The van der Waals surface area contributed by atoms with Crippen LogP contribution in [0, 0.1) is 10.7 Å². The molecule has 5 heteroatoms. The van der Waals surface area contributed by atoms with E-state index in [-0.39, 0.29) is 0 Å². The van der Waals surface area contributed by atoms with Gasteiger partial charge in [-0.05, 0) is 32.0 Å². The van der Waals surface area contributed by atoms with Gasteiger partial charge in [0.2, 0.25) is 0 Å². The molecule has 0 atom stereocenters. The fraction of sp³-hybridized carbons (Fsp3) is 0.778. The zero-order valence-electron chi connectivity index (χ0n) is 9.03. The second kappa shape index (κ2) is 3.82. The Morgan fingerprint density at radius 2 is 2.14 bits per heavy atom. The molecule has 14 heavy (non-hydrogen) atoms. The Morgan fingerprint density at radius 3 is 2.57 bits per heavy atom. The SMILES string of the molecule is CC(C)Cn1c(C(C)(C)O)n[nH]c1=S. The highest BCUT2D eigenvalue weighted by Gasteiger charge is 2.23. The lowest BCUT2D eigenvalue weighted by Crippen LogP contribution is -2.23. The molecular formula is C9H17N3OS. The summed E-state index contributed by atoms with van der Waals surface area (Å²) in [6.45, 7) is 8.38. The number of nitrogens with one attached hydrogen (secondary N) is 1. The Kier molecular flexibility index (Phi) is 3.11. The molecule has 80 valence electrons. The molecule has 4 nitrogen and oxygen atoms in total. The molecule has 2 N–H and O–H groups in total. The summed E-state index contributed by atoms with van der Waals surface area (Å²) >= 11 is 5.09. The third-order valence-corrected chi connectivity index (χ3v) is 2.16. The van der Waals surface area contributed by atoms with Crippen LogP contribution in [-0.4, -0.2) is 19.9 Å². The third kappa shape index (κ3) is 2.42. The Hall–Kier alpha value is -0.680. The summed E-state index contributed by atoms with van der Waals surface area (Å²) in [4.78, 5) is 0. The van der Waals surface area contributed by atoms with Crippen molar-refractivity contribution < 1.29 is 5.11 Å². The summed E-state index contributed by atoms with van der Waals surface area (Å²) in [6, 6.07) is 0. The van der Waals surface area contributed by atoms with E-state index in [1.807, 2.05) is 4.57 Å². The fourth-order valence-corrected chi connectivity index (χ4v) is 1.53. The van der Waals surface area contributed by atoms with Crippen LogP contribution < -0.4 is 0 Å². The standard InChI is InChI=1S/C9H17N3OS/c1-6(2)5-12-7(9(3,4)13)10-11-8(12)14/h6,13H,5H2,1-4H3,(H,11,14). The lowest BCUT2D eigenvalue weighted by atomic mass is 10.1. The summed E-state index contributed by atoms with van der Waals surface area (Å²) < 4.78 is 2.41. The van der Waals surface area contributed by atoms with Crippen LogP contribution in [0.3, 0.4) is 0 Å². The molecule has 0 amide bonds. The monoisotopic (exact) mass is 215 g/mol. The predicted octanol–water partition coefficient (Wildman–Crippen LogP) is 1.82. The molecule has 0 aliphatic heterocycles. The van der Waals surface area contributed by atoms with E-state index in [0.717, 1.165) is 6.54 Å². The quantitative estimate of drug-likeness (QED) is 0.756. The predicted molar refractivity (Wildman–Crippen MR) is 57.5 cm³/mol. The molecule has 0 aliphatic rings. The summed E-state index contributed by atoms with van der Waals surface area (Å²) in [5.74, 6) is 1.07. The first-order chi connectivity index (χ1) is 6.32. The minimum absolute atomic E-state index is 0.473. The third-order valence-electron chi connectivity index (χ3n) is 1.85. The van der Waals surface area contributed by atoms with E-state index in [0.29, 0.717) is 16.5 Å². The minimum Gasteiger partial charge on any atom is -0.382 e. The maximum atomic E-state index is 9.85. The molecule has 0 aromatic carbocycles. The molecule has 1 heterocycles. The van der Waals surface area contributed by atoms with Crippen molar-refractivity contribution in [2.24, 2.45) is 5.92 Å². The first kappa shape index (κ1) is 11.4. The van der Waals surface area contributed by atoms with E-state index in [9.17, 15) is 5.11 Å². The topological polar surface area (TPSA) is 53.8 Å². The van der Waals surface area contributed by atoms with Crippen molar-refractivity contribution in [2.75, 3.05) is 0 Å². The van der Waals surface area contributed by atoms with Gasteiger partial charge in [0.1, 0.15) is 5.60 Å². The highest BCUT2D eigenvalue weighted by molar-refractivity contribution is 7.71. The van der Waals surface area contributed by atoms with Crippen LogP contribution in [0.1, 0.15) is 33.5 Å². The van der Waals surface area contributed by atoms with Crippen LogP contribution in [0.25, 0.3) is 0 Å². The number of nitrogens with zero attached hydrogens (tertiary/aromatic N) is 2. The number of H-pyrrole nitrogens is 1. The lowest BCUT2D eigenvalue weighted by Gasteiger charge is -2.18. The number of hydrogen-bond donors (Lipinski definition) is 2. The largest absolute Gasteiger partial charge is 0.382 e. The average Bonchev–Trinajstić information content (AvgIpc) is 2.30. The van der Waals surface area contributed by atoms with Gasteiger partial charge in [0.25, 0.3) is 0 Å². The molecule has 1 rings (SSSR count). The molecule has 0 unspecified atom stereocenters. The minimum atomic E-state index is -0.956. The van der Waals surface area contributed by atoms with Crippen LogP contribution in [0.15, 0.2) is 0 Å². The van der Waals surface area contributed by atoms with E-state index in [4.69, 9.17) is 12.2 Å². The van der Waals surface area contributed by atoms with Crippen molar-refractivity contribution in [1.82, 2.24) is 14.8 Å². The number of aliphatic hydroxyl groups is 1. The van der Waals surface area contributed by atoms with Crippen molar-refractivity contribution >= 4 is 12.2 Å². The van der Waals surface area contributed by atoms with Crippen molar-refractivity contribution in [3.05, 3.63) is 10.6 Å². The second-order valence-electron chi connectivity index (χ2n) is 4.42. The van der Waals surface area contributed by atoms with Crippen LogP contribution in [-0.2, 0) is 12.1 Å². The Labute approximate surface area is 89.0 Å². The highest BCUT2D eigenvalue weighted by Crippen LogP contribution is 2.18. The molecule has 0 spiro atoms. The maximum Gasteiger partial charge on any atom is 0.195 e. The van der Waals surface area contributed by atoms with Gasteiger partial charge in [-0.15, -0.1) is 0 Å². The zero-order chi connectivity index (χ0) is 10.9.